The average molecular weight is 433 g/mol. The highest BCUT2D eigenvalue weighted by Crippen LogP contribution is 2.22. The van der Waals surface area contributed by atoms with E-state index in [1.54, 1.807) is 11.9 Å². The summed E-state index contributed by atoms with van der Waals surface area (Å²) in [5, 5.41) is 3.13. The lowest BCUT2D eigenvalue weighted by atomic mass is 10.0. The number of nitrogens with zero attached hydrogens (tertiary/aromatic N) is 1. The van der Waals surface area contributed by atoms with Gasteiger partial charge in [-0.15, -0.1) is 11.8 Å². The van der Waals surface area contributed by atoms with Gasteiger partial charge in [-0.3, -0.25) is 4.79 Å². The number of hydrogen-bond acceptors (Lipinski definition) is 5. The first-order chi connectivity index (χ1) is 14.0. The molecular weight excluding hydrogens is 396 g/mol. The zero-order valence-corrected chi connectivity index (χ0v) is 20.0. The van der Waals surface area contributed by atoms with Gasteiger partial charge in [0.25, 0.3) is 0 Å². The standard InChI is InChI=1S/C15H23NS.C9H13NOS/c1-4-13(2)7-5-6-12-17-15-10-8-14(16-3)9-11-15;1-10(12-2)9-5-3-8(7-11)4-6-9/h8-11,16H,2,4-7,12H2,1,3H3;3-5,7,9H,6H2,1-2H3. The van der Waals surface area contributed by atoms with Crippen LogP contribution in [0.3, 0.4) is 0 Å². The Balaban J connectivity index is 0.000000308. The van der Waals surface area contributed by atoms with Crippen LogP contribution in [0.1, 0.15) is 39.0 Å². The van der Waals surface area contributed by atoms with Crippen LogP contribution < -0.4 is 5.32 Å². The summed E-state index contributed by atoms with van der Waals surface area (Å²) < 4.78 is 2.18. The number of nitrogens with one attached hydrogen (secondary N) is 1. The first kappa shape index (κ1) is 25.6. The van der Waals surface area contributed by atoms with Crippen molar-refractivity contribution in [1.82, 2.24) is 4.31 Å². The Labute approximate surface area is 186 Å². The maximum atomic E-state index is 10.4. The molecule has 0 radical (unpaired) electrons. The molecular formula is C24H36N2OS2. The highest BCUT2D eigenvalue weighted by molar-refractivity contribution is 7.99. The zero-order valence-electron chi connectivity index (χ0n) is 18.3. The van der Waals surface area contributed by atoms with E-state index in [-0.39, 0.29) is 0 Å². The minimum absolute atomic E-state index is 0.434. The summed E-state index contributed by atoms with van der Waals surface area (Å²) >= 11 is 3.65. The average Bonchev–Trinajstić information content (AvgIpc) is 2.79. The first-order valence-corrected chi connectivity index (χ1v) is 12.4. The summed E-state index contributed by atoms with van der Waals surface area (Å²) in [6.07, 6.45) is 14.7. The summed E-state index contributed by atoms with van der Waals surface area (Å²) in [7, 11) is 4.00. The second-order valence-corrected chi connectivity index (χ2v) is 9.01. The molecule has 0 saturated carbocycles. The molecule has 1 N–H and O–H groups in total. The van der Waals surface area contributed by atoms with Gasteiger partial charge in [-0.1, -0.05) is 49.3 Å². The van der Waals surface area contributed by atoms with E-state index in [9.17, 15) is 4.79 Å². The summed E-state index contributed by atoms with van der Waals surface area (Å²) in [6, 6.07) is 9.05. The Morgan fingerprint density at radius 2 is 2.03 bits per heavy atom. The molecule has 1 aliphatic carbocycles. The molecule has 0 saturated heterocycles. The monoisotopic (exact) mass is 432 g/mol. The van der Waals surface area contributed by atoms with E-state index >= 15 is 0 Å². The van der Waals surface area contributed by atoms with Crippen molar-refractivity contribution in [3.05, 3.63) is 60.2 Å². The molecule has 0 heterocycles. The number of carbonyl (C=O) groups excluding carboxylic acids is 1. The number of carbonyl (C=O) groups is 1. The molecule has 1 unspecified atom stereocenters. The minimum atomic E-state index is 0.434. The normalized spacial score (nSPS) is 15.3. The Kier molecular flexibility index (Phi) is 13.6. The predicted molar refractivity (Wildman–Crippen MR) is 133 cm³/mol. The van der Waals surface area contributed by atoms with Crippen LogP contribution in [0.2, 0.25) is 0 Å². The number of anilines is 1. The van der Waals surface area contributed by atoms with E-state index in [1.165, 1.54) is 41.2 Å². The highest BCUT2D eigenvalue weighted by atomic mass is 32.2. The van der Waals surface area contributed by atoms with Crippen molar-refractivity contribution in [2.24, 2.45) is 0 Å². The van der Waals surface area contributed by atoms with Crippen LogP contribution in [-0.2, 0) is 4.79 Å². The van der Waals surface area contributed by atoms with Crippen LogP contribution in [0.4, 0.5) is 5.69 Å². The van der Waals surface area contributed by atoms with Crippen LogP contribution in [-0.4, -0.2) is 42.7 Å². The van der Waals surface area contributed by atoms with Gasteiger partial charge in [-0.05, 0) is 75.4 Å². The Hall–Kier alpha value is -1.43. The maximum absolute atomic E-state index is 10.4. The molecule has 0 aromatic heterocycles. The lowest BCUT2D eigenvalue weighted by Gasteiger charge is -2.23. The highest BCUT2D eigenvalue weighted by Gasteiger charge is 2.12. The van der Waals surface area contributed by atoms with Crippen molar-refractivity contribution in [1.29, 1.82) is 0 Å². The van der Waals surface area contributed by atoms with Crippen molar-refractivity contribution in [3.63, 3.8) is 0 Å². The third-order valence-corrected chi connectivity index (χ3v) is 6.78. The molecule has 1 aromatic rings. The lowest BCUT2D eigenvalue weighted by Crippen LogP contribution is -2.24. The van der Waals surface area contributed by atoms with E-state index in [1.807, 2.05) is 37.2 Å². The van der Waals surface area contributed by atoms with Crippen LogP contribution in [0.15, 0.2) is 65.1 Å². The molecule has 0 fully saturated rings. The van der Waals surface area contributed by atoms with E-state index in [0.29, 0.717) is 6.04 Å². The van der Waals surface area contributed by atoms with Gasteiger partial charge in [0, 0.05) is 29.2 Å². The molecule has 3 nitrogen and oxygen atoms in total. The molecule has 1 aromatic carbocycles. The second kappa shape index (κ2) is 15.4. The maximum Gasteiger partial charge on any atom is 0.149 e. The minimum Gasteiger partial charge on any atom is -0.388 e. The Morgan fingerprint density at radius 1 is 1.31 bits per heavy atom. The summed E-state index contributed by atoms with van der Waals surface area (Å²) in [6.45, 7) is 6.22. The predicted octanol–water partition coefficient (Wildman–Crippen LogP) is 6.61. The van der Waals surface area contributed by atoms with Gasteiger partial charge in [0.2, 0.25) is 0 Å². The molecule has 1 atom stereocenters. The third kappa shape index (κ3) is 10.8. The number of allylic oxidation sites excluding steroid dienone is 3. The lowest BCUT2D eigenvalue weighted by molar-refractivity contribution is -0.104. The number of likely N-dealkylation sites (N-methyl/N-ethyl adjacent to an activating group) is 1. The smallest absolute Gasteiger partial charge is 0.149 e. The largest absolute Gasteiger partial charge is 0.388 e. The molecule has 160 valence electrons. The molecule has 0 amide bonds. The zero-order chi connectivity index (χ0) is 21.5. The molecule has 0 bridgehead atoms. The fourth-order valence-electron chi connectivity index (χ4n) is 2.68. The van der Waals surface area contributed by atoms with Crippen molar-refractivity contribution >= 4 is 35.7 Å². The van der Waals surface area contributed by atoms with Crippen molar-refractivity contribution < 1.29 is 4.79 Å². The number of aldehydes is 1. The van der Waals surface area contributed by atoms with Crippen molar-refractivity contribution in [2.45, 2.75) is 50.0 Å². The third-order valence-electron chi connectivity index (χ3n) is 4.83. The number of benzene rings is 1. The van der Waals surface area contributed by atoms with E-state index < -0.39 is 0 Å². The van der Waals surface area contributed by atoms with Gasteiger partial charge in [0.1, 0.15) is 6.29 Å². The molecule has 1 aliphatic rings. The summed E-state index contributed by atoms with van der Waals surface area (Å²) in [5.41, 5.74) is 3.35. The molecule has 29 heavy (non-hydrogen) atoms. The number of unbranched alkanes of at least 4 members (excludes halogenated alkanes) is 1. The first-order valence-electron chi connectivity index (χ1n) is 10.2. The molecule has 0 spiro atoms. The van der Waals surface area contributed by atoms with Gasteiger partial charge >= 0.3 is 0 Å². The van der Waals surface area contributed by atoms with E-state index in [4.69, 9.17) is 0 Å². The van der Waals surface area contributed by atoms with E-state index in [0.717, 1.165) is 24.7 Å². The van der Waals surface area contributed by atoms with Gasteiger partial charge in [0.15, 0.2) is 0 Å². The van der Waals surface area contributed by atoms with Gasteiger partial charge in [-0.25, -0.2) is 4.31 Å². The fourth-order valence-corrected chi connectivity index (χ4v) is 4.02. The van der Waals surface area contributed by atoms with Crippen molar-refractivity contribution in [3.8, 4) is 0 Å². The number of thioether (sulfide) groups is 1. The molecule has 2 rings (SSSR count). The van der Waals surface area contributed by atoms with Crippen LogP contribution in [0.25, 0.3) is 0 Å². The Bertz CT molecular complexity index is 668. The summed E-state index contributed by atoms with van der Waals surface area (Å²) in [5.74, 6) is 1.20. The number of hydrogen-bond donors (Lipinski definition) is 1. The molecule has 5 heteroatoms. The topological polar surface area (TPSA) is 32.3 Å². The second-order valence-electron chi connectivity index (χ2n) is 6.90. The van der Waals surface area contributed by atoms with Crippen LogP contribution in [0.5, 0.6) is 0 Å². The van der Waals surface area contributed by atoms with Crippen LogP contribution >= 0.6 is 23.7 Å². The van der Waals surface area contributed by atoms with Gasteiger partial charge in [-0.2, -0.15) is 0 Å². The van der Waals surface area contributed by atoms with E-state index in [2.05, 4.69) is 60.5 Å². The van der Waals surface area contributed by atoms with Crippen molar-refractivity contribution in [2.75, 3.05) is 31.4 Å². The van der Waals surface area contributed by atoms with Gasteiger partial charge in [0.05, 0.1) is 0 Å². The summed E-state index contributed by atoms with van der Waals surface area (Å²) in [4.78, 5) is 11.7. The Morgan fingerprint density at radius 3 is 2.55 bits per heavy atom. The van der Waals surface area contributed by atoms with Crippen LogP contribution in [0, 0.1) is 0 Å². The van der Waals surface area contributed by atoms with Gasteiger partial charge < -0.3 is 5.32 Å². The fraction of sp³-hybridized carbons (Fsp3) is 0.458. The number of rotatable bonds is 11. The SMILES string of the molecule is C=C(CC)CCCCSc1ccc(NC)cc1.CSN(C)C1C=CC(C=O)=CC1. The quantitative estimate of drug-likeness (QED) is 0.140. The molecule has 0 aliphatic heterocycles.